The van der Waals surface area contributed by atoms with E-state index in [2.05, 4.69) is 16.1 Å². The first kappa shape index (κ1) is 20.8. The minimum atomic E-state index is -3.78. The number of carbonyl (C=O) groups excluding carboxylic acids is 1. The molecule has 2 aromatic carbocycles. The monoisotopic (exact) mass is 440 g/mol. The van der Waals surface area contributed by atoms with Crippen LogP contribution in [0.5, 0.6) is 0 Å². The molecule has 0 bridgehead atoms. The summed E-state index contributed by atoms with van der Waals surface area (Å²) in [5, 5.41) is 4.70. The summed E-state index contributed by atoms with van der Waals surface area (Å²) < 4.78 is 28.4. The van der Waals surface area contributed by atoms with Crippen molar-refractivity contribution in [2.24, 2.45) is 0 Å². The molecule has 0 saturated carbocycles. The summed E-state index contributed by atoms with van der Waals surface area (Å²) in [7, 11) is -3.78. The van der Waals surface area contributed by atoms with E-state index in [0.29, 0.717) is 0 Å². The number of hydrogen-bond donors (Lipinski definition) is 2. The van der Waals surface area contributed by atoms with Gasteiger partial charge in [0.25, 0.3) is 10.0 Å². The number of anilines is 1. The van der Waals surface area contributed by atoms with Crippen LogP contribution in [-0.2, 0) is 34.1 Å². The smallest absolute Gasteiger partial charge is 0.250 e. The van der Waals surface area contributed by atoms with Gasteiger partial charge in [0.15, 0.2) is 0 Å². The molecule has 0 radical (unpaired) electrons. The third kappa shape index (κ3) is 4.80. The summed E-state index contributed by atoms with van der Waals surface area (Å²) in [5.74, 6) is -0.349. The van der Waals surface area contributed by atoms with Crippen LogP contribution in [0.4, 0.5) is 5.69 Å². The van der Waals surface area contributed by atoms with Gasteiger partial charge in [-0.15, -0.1) is 11.3 Å². The maximum absolute atomic E-state index is 13.2. The fourth-order valence-corrected chi connectivity index (χ4v) is 6.02. The average Bonchev–Trinajstić information content (AvgIpc) is 3.30. The van der Waals surface area contributed by atoms with Gasteiger partial charge in [0.2, 0.25) is 5.91 Å². The SMILES string of the molecule is O=C(Nc1cccc2c1CCCC2)[C@@H](Cc1ccccc1)NS(=O)(=O)c1cccs1. The molecule has 0 spiro atoms. The van der Waals surface area contributed by atoms with Gasteiger partial charge in [-0.2, -0.15) is 4.72 Å². The number of rotatable bonds is 7. The third-order valence-electron chi connectivity index (χ3n) is 5.31. The quantitative estimate of drug-likeness (QED) is 0.579. The number of aryl methyl sites for hydroxylation is 1. The summed E-state index contributed by atoms with van der Waals surface area (Å²) in [6, 6.07) is 17.7. The van der Waals surface area contributed by atoms with Crippen molar-refractivity contribution in [2.45, 2.75) is 42.4 Å². The molecule has 1 aliphatic carbocycles. The molecule has 1 aliphatic rings. The molecule has 4 rings (SSSR count). The Morgan fingerprint density at radius 3 is 2.53 bits per heavy atom. The molecule has 0 saturated heterocycles. The van der Waals surface area contributed by atoms with E-state index in [0.717, 1.165) is 53.8 Å². The van der Waals surface area contributed by atoms with E-state index in [-0.39, 0.29) is 16.5 Å². The molecule has 1 atom stereocenters. The van der Waals surface area contributed by atoms with Gasteiger partial charge in [-0.3, -0.25) is 4.79 Å². The Morgan fingerprint density at radius 2 is 1.77 bits per heavy atom. The van der Waals surface area contributed by atoms with Crippen molar-refractivity contribution in [1.29, 1.82) is 0 Å². The van der Waals surface area contributed by atoms with E-state index in [1.54, 1.807) is 11.4 Å². The maximum atomic E-state index is 13.2. The van der Waals surface area contributed by atoms with Gasteiger partial charge in [-0.1, -0.05) is 48.5 Å². The predicted molar refractivity (Wildman–Crippen MR) is 120 cm³/mol. The van der Waals surface area contributed by atoms with Gasteiger partial charge in [0.1, 0.15) is 10.3 Å². The summed E-state index contributed by atoms with van der Waals surface area (Å²) in [5.41, 5.74) is 4.10. The number of thiophene rings is 1. The fourth-order valence-electron chi connectivity index (χ4n) is 3.82. The molecule has 30 heavy (non-hydrogen) atoms. The molecule has 2 N–H and O–H groups in total. The minimum absolute atomic E-state index is 0.199. The van der Waals surface area contributed by atoms with Crippen LogP contribution in [0.1, 0.15) is 29.5 Å². The first-order chi connectivity index (χ1) is 14.5. The Labute approximate surface area is 181 Å². The Balaban J connectivity index is 1.59. The van der Waals surface area contributed by atoms with E-state index in [1.807, 2.05) is 42.5 Å². The second-order valence-electron chi connectivity index (χ2n) is 7.44. The lowest BCUT2D eigenvalue weighted by Crippen LogP contribution is -2.45. The van der Waals surface area contributed by atoms with E-state index in [4.69, 9.17) is 0 Å². The maximum Gasteiger partial charge on any atom is 0.250 e. The topological polar surface area (TPSA) is 75.3 Å². The second-order valence-corrected chi connectivity index (χ2v) is 10.3. The Hall–Kier alpha value is -2.48. The van der Waals surface area contributed by atoms with Crippen LogP contribution in [-0.4, -0.2) is 20.4 Å². The van der Waals surface area contributed by atoms with Gasteiger partial charge in [0.05, 0.1) is 0 Å². The molecule has 156 valence electrons. The lowest BCUT2D eigenvalue weighted by molar-refractivity contribution is -0.117. The molecule has 7 heteroatoms. The molecule has 1 aromatic heterocycles. The van der Waals surface area contributed by atoms with E-state index >= 15 is 0 Å². The Morgan fingerprint density at radius 1 is 0.967 bits per heavy atom. The largest absolute Gasteiger partial charge is 0.324 e. The highest BCUT2D eigenvalue weighted by Crippen LogP contribution is 2.28. The molecule has 5 nitrogen and oxygen atoms in total. The highest BCUT2D eigenvalue weighted by Gasteiger charge is 2.27. The van der Waals surface area contributed by atoms with Crippen molar-refractivity contribution >= 4 is 33.0 Å². The summed E-state index contributed by atoms with van der Waals surface area (Å²) >= 11 is 1.13. The van der Waals surface area contributed by atoms with Gasteiger partial charge in [0, 0.05) is 5.69 Å². The summed E-state index contributed by atoms with van der Waals surface area (Å²) in [6.07, 6.45) is 4.46. The Bertz CT molecular complexity index is 1110. The van der Waals surface area contributed by atoms with Gasteiger partial charge in [-0.05, 0) is 66.3 Å². The molecule has 0 unspecified atom stereocenters. The first-order valence-electron chi connectivity index (χ1n) is 10.0. The number of nitrogens with one attached hydrogen (secondary N) is 2. The fraction of sp³-hybridized carbons (Fsp3) is 0.261. The molecule has 0 aliphatic heterocycles. The number of benzene rings is 2. The zero-order chi connectivity index (χ0) is 21.0. The Kier molecular flexibility index (Phi) is 6.32. The summed E-state index contributed by atoms with van der Waals surface area (Å²) in [4.78, 5) is 13.2. The lowest BCUT2D eigenvalue weighted by Gasteiger charge is -2.22. The van der Waals surface area contributed by atoms with E-state index in [1.165, 1.54) is 11.6 Å². The standard InChI is InChI=1S/C23H24N2O3S2/c26-23(24-20-13-6-11-18-10-4-5-12-19(18)20)21(16-17-8-2-1-3-9-17)25-30(27,28)22-14-7-15-29-22/h1-3,6-9,11,13-15,21,25H,4-5,10,12,16H2,(H,24,26)/t21-/m1/s1. The predicted octanol–water partition coefficient (Wildman–Crippen LogP) is 4.16. The van der Waals surface area contributed by atoms with Crippen molar-refractivity contribution in [2.75, 3.05) is 5.32 Å². The van der Waals surface area contributed by atoms with Crippen LogP contribution in [0.15, 0.2) is 70.3 Å². The minimum Gasteiger partial charge on any atom is -0.324 e. The highest BCUT2D eigenvalue weighted by molar-refractivity contribution is 7.91. The number of sulfonamides is 1. The van der Waals surface area contributed by atoms with Crippen molar-refractivity contribution in [3.8, 4) is 0 Å². The molecule has 3 aromatic rings. The molecular formula is C23H24N2O3S2. The van der Waals surface area contributed by atoms with Crippen molar-refractivity contribution in [3.63, 3.8) is 0 Å². The van der Waals surface area contributed by atoms with Crippen molar-refractivity contribution in [1.82, 2.24) is 4.72 Å². The van der Waals surface area contributed by atoms with Gasteiger partial charge >= 0.3 is 0 Å². The number of amides is 1. The number of hydrogen-bond acceptors (Lipinski definition) is 4. The van der Waals surface area contributed by atoms with Crippen LogP contribution in [0.3, 0.4) is 0 Å². The van der Waals surface area contributed by atoms with Gasteiger partial charge < -0.3 is 5.32 Å². The van der Waals surface area contributed by atoms with Crippen LogP contribution in [0, 0.1) is 0 Å². The normalized spacial score (nSPS) is 14.7. The molecule has 1 amide bonds. The highest BCUT2D eigenvalue weighted by atomic mass is 32.2. The molecule has 1 heterocycles. The zero-order valence-corrected chi connectivity index (χ0v) is 18.1. The number of carbonyl (C=O) groups is 1. The van der Waals surface area contributed by atoms with Gasteiger partial charge in [-0.25, -0.2) is 8.42 Å². The van der Waals surface area contributed by atoms with Crippen LogP contribution >= 0.6 is 11.3 Å². The number of fused-ring (bicyclic) bond motifs is 1. The second kappa shape index (κ2) is 9.12. The van der Waals surface area contributed by atoms with Crippen LogP contribution in [0.25, 0.3) is 0 Å². The molecule has 0 fully saturated rings. The van der Waals surface area contributed by atoms with Crippen LogP contribution < -0.4 is 10.0 Å². The zero-order valence-electron chi connectivity index (χ0n) is 16.5. The third-order valence-corrected chi connectivity index (χ3v) is 8.18. The molecular weight excluding hydrogens is 416 g/mol. The average molecular weight is 441 g/mol. The van der Waals surface area contributed by atoms with Crippen molar-refractivity contribution < 1.29 is 13.2 Å². The first-order valence-corrected chi connectivity index (χ1v) is 12.4. The summed E-state index contributed by atoms with van der Waals surface area (Å²) in [6.45, 7) is 0. The van der Waals surface area contributed by atoms with Crippen LogP contribution in [0.2, 0.25) is 0 Å². The van der Waals surface area contributed by atoms with E-state index in [9.17, 15) is 13.2 Å². The van der Waals surface area contributed by atoms with Crippen molar-refractivity contribution in [3.05, 3.63) is 82.7 Å². The lowest BCUT2D eigenvalue weighted by atomic mass is 9.90. The van der Waals surface area contributed by atoms with E-state index < -0.39 is 16.1 Å².